The van der Waals surface area contributed by atoms with E-state index < -0.39 is 0 Å². The molecule has 4 heteroatoms. The Kier molecular flexibility index (Phi) is 4.81. The van der Waals surface area contributed by atoms with Crippen LogP contribution in [0.2, 0.25) is 0 Å². The maximum Gasteiger partial charge on any atom is 0.224 e. The molecular formula is C19H23N3O. The van der Waals surface area contributed by atoms with Gasteiger partial charge < -0.3 is 15.1 Å². The van der Waals surface area contributed by atoms with Gasteiger partial charge in [-0.25, -0.2) is 0 Å². The van der Waals surface area contributed by atoms with Crippen molar-refractivity contribution in [2.75, 3.05) is 41.3 Å². The fourth-order valence-electron chi connectivity index (χ4n) is 2.87. The summed E-state index contributed by atoms with van der Waals surface area (Å²) in [6, 6.07) is 18.7. The van der Waals surface area contributed by atoms with Crippen molar-refractivity contribution in [1.29, 1.82) is 0 Å². The van der Waals surface area contributed by atoms with Crippen molar-refractivity contribution < 1.29 is 4.79 Å². The molecule has 4 nitrogen and oxygen atoms in total. The van der Waals surface area contributed by atoms with Crippen LogP contribution in [0.15, 0.2) is 54.6 Å². The molecule has 1 N–H and O–H groups in total. The highest BCUT2D eigenvalue weighted by molar-refractivity contribution is 5.90. The molecule has 1 aliphatic rings. The Morgan fingerprint density at radius 3 is 1.91 bits per heavy atom. The molecule has 0 atom stereocenters. The van der Waals surface area contributed by atoms with E-state index in [1.807, 2.05) is 19.1 Å². The van der Waals surface area contributed by atoms with Crippen molar-refractivity contribution in [3.05, 3.63) is 54.6 Å². The zero-order valence-electron chi connectivity index (χ0n) is 13.5. The van der Waals surface area contributed by atoms with Gasteiger partial charge in [-0.3, -0.25) is 4.79 Å². The van der Waals surface area contributed by atoms with Gasteiger partial charge in [-0.05, 0) is 36.4 Å². The van der Waals surface area contributed by atoms with Gasteiger partial charge in [-0.1, -0.05) is 25.1 Å². The summed E-state index contributed by atoms with van der Waals surface area (Å²) < 4.78 is 0. The number of para-hydroxylation sites is 1. The monoisotopic (exact) mass is 309 g/mol. The van der Waals surface area contributed by atoms with E-state index in [9.17, 15) is 4.79 Å². The SMILES string of the molecule is CCC(=O)Nc1ccc(N2CCN(c3ccccc3)CC2)cc1. The van der Waals surface area contributed by atoms with Crippen molar-refractivity contribution in [2.45, 2.75) is 13.3 Å². The molecule has 1 heterocycles. The lowest BCUT2D eigenvalue weighted by molar-refractivity contribution is -0.115. The smallest absolute Gasteiger partial charge is 0.224 e. The van der Waals surface area contributed by atoms with Crippen molar-refractivity contribution in [1.82, 2.24) is 0 Å². The summed E-state index contributed by atoms with van der Waals surface area (Å²) in [5.41, 5.74) is 3.38. The van der Waals surface area contributed by atoms with Crippen LogP contribution < -0.4 is 15.1 Å². The third-order valence-electron chi connectivity index (χ3n) is 4.24. The lowest BCUT2D eigenvalue weighted by Crippen LogP contribution is -2.46. The summed E-state index contributed by atoms with van der Waals surface area (Å²) in [5, 5.41) is 2.88. The van der Waals surface area contributed by atoms with Crippen LogP contribution in [0.5, 0.6) is 0 Å². The van der Waals surface area contributed by atoms with Crippen LogP contribution >= 0.6 is 0 Å². The van der Waals surface area contributed by atoms with Crippen LogP contribution in [0, 0.1) is 0 Å². The fraction of sp³-hybridized carbons (Fsp3) is 0.316. The number of rotatable bonds is 4. The number of anilines is 3. The van der Waals surface area contributed by atoms with Crippen LogP contribution in [0.4, 0.5) is 17.1 Å². The van der Waals surface area contributed by atoms with Crippen molar-refractivity contribution in [2.24, 2.45) is 0 Å². The first-order valence-corrected chi connectivity index (χ1v) is 8.21. The van der Waals surface area contributed by atoms with E-state index in [-0.39, 0.29) is 5.91 Å². The number of piperazine rings is 1. The molecule has 2 aromatic carbocycles. The van der Waals surface area contributed by atoms with Gasteiger partial charge in [-0.15, -0.1) is 0 Å². The van der Waals surface area contributed by atoms with Gasteiger partial charge in [0, 0.05) is 49.7 Å². The van der Waals surface area contributed by atoms with Gasteiger partial charge in [0.05, 0.1) is 0 Å². The number of carbonyl (C=O) groups excluding carboxylic acids is 1. The average Bonchev–Trinajstić information content (AvgIpc) is 2.63. The minimum Gasteiger partial charge on any atom is -0.368 e. The van der Waals surface area contributed by atoms with E-state index in [0.29, 0.717) is 6.42 Å². The van der Waals surface area contributed by atoms with Gasteiger partial charge in [-0.2, -0.15) is 0 Å². The summed E-state index contributed by atoms with van der Waals surface area (Å²) in [4.78, 5) is 16.2. The molecule has 120 valence electrons. The topological polar surface area (TPSA) is 35.6 Å². The predicted molar refractivity (Wildman–Crippen MR) is 96.2 cm³/mol. The van der Waals surface area contributed by atoms with Crippen LogP contribution in [0.3, 0.4) is 0 Å². The minimum absolute atomic E-state index is 0.0502. The Labute approximate surface area is 137 Å². The van der Waals surface area contributed by atoms with E-state index in [4.69, 9.17) is 0 Å². The highest BCUT2D eigenvalue weighted by Crippen LogP contribution is 2.22. The van der Waals surface area contributed by atoms with E-state index in [0.717, 1.165) is 31.9 Å². The molecule has 0 aliphatic carbocycles. The normalized spacial score (nSPS) is 14.7. The highest BCUT2D eigenvalue weighted by Gasteiger charge is 2.17. The Hall–Kier alpha value is -2.49. The van der Waals surface area contributed by atoms with Gasteiger partial charge >= 0.3 is 0 Å². The van der Waals surface area contributed by atoms with Crippen LogP contribution in [0.25, 0.3) is 0 Å². The zero-order valence-corrected chi connectivity index (χ0v) is 13.5. The second-order valence-corrected chi connectivity index (χ2v) is 5.76. The lowest BCUT2D eigenvalue weighted by Gasteiger charge is -2.37. The molecule has 1 fully saturated rings. The molecule has 0 spiro atoms. The Morgan fingerprint density at radius 2 is 1.39 bits per heavy atom. The standard InChI is InChI=1S/C19H23N3O/c1-2-19(23)20-16-8-10-18(11-9-16)22-14-12-21(13-15-22)17-6-4-3-5-7-17/h3-11H,2,12-15H2,1H3,(H,20,23). The van der Waals surface area contributed by atoms with Gasteiger partial charge in [0.25, 0.3) is 0 Å². The largest absolute Gasteiger partial charge is 0.368 e. The highest BCUT2D eigenvalue weighted by atomic mass is 16.1. The Morgan fingerprint density at radius 1 is 0.870 bits per heavy atom. The number of benzene rings is 2. The van der Waals surface area contributed by atoms with Crippen molar-refractivity contribution >= 4 is 23.0 Å². The minimum atomic E-state index is 0.0502. The molecular weight excluding hydrogens is 286 g/mol. The summed E-state index contributed by atoms with van der Waals surface area (Å²) >= 11 is 0. The Balaban J connectivity index is 1.58. The molecule has 0 unspecified atom stereocenters. The van der Waals surface area contributed by atoms with Crippen molar-refractivity contribution in [3.8, 4) is 0 Å². The first kappa shape index (κ1) is 15.4. The van der Waals surface area contributed by atoms with Gasteiger partial charge in [0.2, 0.25) is 5.91 Å². The van der Waals surface area contributed by atoms with Crippen LogP contribution in [0.1, 0.15) is 13.3 Å². The number of hydrogen-bond donors (Lipinski definition) is 1. The third-order valence-corrected chi connectivity index (χ3v) is 4.24. The molecule has 0 aromatic heterocycles. The number of carbonyl (C=O) groups is 1. The number of nitrogens with zero attached hydrogens (tertiary/aromatic N) is 2. The number of hydrogen-bond acceptors (Lipinski definition) is 3. The molecule has 23 heavy (non-hydrogen) atoms. The number of amides is 1. The summed E-state index contributed by atoms with van der Waals surface area (Å²) in [6.45, 7) is 5.93. The molecule has 0 bridgehead atoms. The fourth-order valence-corrected chi connectivity index (χ4v) is 2.87. The second kappa shape index (κ2) is 7.18. The summed E-state index contributed by atoms with van der Waals surface area (Å²) in [7, 11) is 0. The molecule has 0 radical (unpaired) electrons. The molecule has 0 saturated carbocycles. The van der Waals surface area contributed by atoms with E-state index in [1.54, 1.807) is 0 Å². The predicted octanol–water partition coefficient (Wildman–Crippen LogP) is 3.36. The molecule has 1 amide bonds. The van der Waals surface area contributed by atoms with Gasteiger partial charge in [0.15, 0.2) is 0 Å². The van der Waals surface area contributed by atoms with Gasteiger partial charge in [0.1, 0.15) is 0 Å². The lowest BCUT2D eigenvalue weighted by atomic mass is 10.2. The summed E-state index contributed by atoms with van der Waals surface area (Å²) in [5.74, 6) is 0.0502. The molecule has 3 rings (SSSR count). The van der Waals surface area contributed by atoms with E-state index in [1.165, 1.54) is 11.4 Å². The first-order chi connectivity index (χ1) is 11.3. The molecule has 1 saturated heterocycles. The summed E-state index contributed by atoms with van der Waals surface area (Å²) in [6.07, 6.45) is 0.503. The number of nitrogens with one attached hydrogen (secondary N) is 1. The Bertz CT molecular complexity index is 631. The van der Waals surface area contributed by atoms with E-state index >= 15 is 0 Å². The molecule has 2 aromatic rings. The quantitative estimate of drug-likeness (QED) is 0.940. The van der Waals surface area contributed by atoms with E-state index in [2.05, 4.69) is 57.6 Å². The second-order valence-electron chi connectivity index (χ2n) is 5.76. The maximum absolute atomic E-state index is 11.4. The average molecular weight is 309 g/mol. The van der Waals surface area contributed by atoms with Crippen LogP contribution in [-0.2, 0) is 4.79 Å². The van der Waals surface area contributed by atoms with Crippen LogP contribution in [-0.4, -0.2) is 32.1 Å². The van der Waals surface area contributed by atoms with Crippen molar-refractivity contribution in [3.63, 3.8) is 0 Å². The zero-order chi connectivity index (χ0) is 16.1. The molecule has 1 aliphatic heterocycles. The maximum atomic E-state index is 11.4. The first-order valence-electron chi connectivity index (χ1n) is 8.21. The third kappa shape index (κ3) is 3.83.